The second-order valence-electron chi connectivity index (χ2n) is 4.31. The van der Waals surface area contributed by atoms with Gasteiger partial charge in [-0.3, -0.25) is 14.5 Å². The van der Waals surface area contributed by atoms with Gasteiger partial charge in [0.1, 0.15) is 5.75 Å². The summed E-state index contributed by atoms with van der Waals surface area (Å²) in [4.78, 5) is 24.6. The van der Waals surface area contributed by atoms with Gasteiger partial charge in [-0.25, -0.2) is 0 Å². The van der Waals surface area contributed by atoms with Gasteiger partial charge in [0, 0.05) is 6.54 Å². The fourth-order valence-corrected chi connectivity index (χ4v) is 1.65. The highest BCUT2D eigenvalue weighted by atomic mass is 16.5. The maximum atomic E-state index is 11.9. The van der Waals surface area contributed by atoms with Crippen molar-refractivity contribution in [2.75, 3.05) is 39.7 Å². The van der Waals surface area contributed by atoms with Crippen LogP contribution in [-0.4, -0.2) is 51.1 Å². The van der Waals surface area contributed by atoms with Crippen molar-refractivity contribution >= 4 is 17.6 Å². The number of amides is 1. The van der Waals surface area contributed by atoms with Crippen molar-refractivity contribution in [1.29, 1.82) is 0 Å². The normalized spacial score (nSPS) is 10.2. The van der Waals surface area contributed by atoms with Gasteiger partial charge >= 0.3 is 5.97 Å². The Kier molecular flexibility index (Phi) is 6.52. The molecule has 110 valence electrons. The molecule has 0 unspecified atom stereocenters. The monoisotopic (exact) mass is 280 g/mol. The van der Waals surface area contributed by atoms with Gasteiger partial charge in [-0.05, 0) is 19.2 Å². The number of ether oxygens (including phenoxy) is 2. The van der Waals surface area contributed by atoms with Crippen LogP contribution in [-0.2, 0) is 14.3 Å². The Bertz CT molecular complexity index is 462. The van der Waals surface area contributed by atoms with E-state index in [2.05, 4.69) is 10.1 Å². The summed E-state index contributed by atoms with van der Waals surface area (Å²) in [5.41, 5.74) is 0.626. The van der Waals surface area contributed by atoms with E-state index in [0.29, 0.717) is 18.0 Å². The molecular weight excluding hydrogens is 260 g/mol. The van der Waals surface area contributed by atoms with Gasteiger partial charge < -0.3 is 14.8 Å². The molecule has 0 fully saturated rings. The molecule has 0 radical (unpaired) electrons. The molecule has 1 N–H and O–H groups in total. The van der Waals surface area contributed by atoms with Crippen LogP contribution in [0.4, 0.5) is 5.69 Å². The third-order valence-corrected chi connectivity index (χ3v) is 2.72. The molecular formula is C14H20N2O4. The van der Waals surface area contributed by atoms with E-state index in [-0.39, 0.29) is 24.8 Å². The van der Waals surface area contributed by atoms with Crippen molar-refractivity contribution in [3.8, 4) is 5.75 Å². The van der Waals surface area contributed by atoms with E-state index in [9.17, 15) is 9.59 Å². The van der Waals surface area contributed by atoms with Crippen molar-refractivity contribution in [1.82, 2.24) is 4.90 Å². The van der Waals surface area contributed by atoms with Gasteiger partial charge in [0.25, 0.3) is 0 Å². The van der Waals surface area contributed by atoms with Crippen LogP contribution in [0.2, 0.25) is 0 Å². The number of benzene rings is 1. The first-order valence-electron chi connectivity index (χ1n) is 6.25. The summed E-state index contributed by atoms with van der Waals surface area (Å²) in [5.74, 6) is 0.155. The van der Waals surface area contributed by atoms with Crippen molar-refractivity contribution < 1.29 is 19.1 Å². The van der Waals surface area contributed by atoms with E-state index in [1.54, 1.807) is 31.2 Å². The second-order valence-corrected chi connectivity index (χ2v) is 4.31. The number of carbonyl (C=O) groups is 2. The third-order valence-electron chi connectivity index (χ3n) is 2.72. The molecule has 20 heavy (non-hydrogen) atoms. The molecule has 6 heteroatoms. The molecule has 0 saturated carbocycles. The molecule has 1 amide bonds. The maximum absolute atomic E-state index is 11.9. The third kappa shape index (κ3) is 5.27. The predicted molar refractivity (Wildman–Crippen MR) is 75.8 cm³/mol. The molecule has 0 aliphatic carbocycles. The minimum atomic E-state index is -0.290. The number of nitrogens with one attached hydrogen (secondary N) is 1. The predicted octanol–water partition coefficient (Wildman–Crippen LogP) is 1.13. The lowest BCUT2D eigenvalue weighted by Gasteiger charge is -2.16. The van der Waals surface area contributed by atoms with Crippen molar-refractivity contribution in [2.45, 2.75) is 6.42 Å². The number of likely N-dealkylation sites (N-methyl/N-ethyl adjacent to an activating group) is 1. The number of hydrogen-bond donors (Lipinski definition) is 1. The Balaban J connectivity index is 2.45. The summed E-state index contributed by atoms with van der Waals surface area (Å²) in [5, 5.41) is 2.77. The van der Waals surface area contributed by atoms with Crippen LogP contribution in [0.1, 0.15) is 6.42 Å². The standard InChI is InChI=1S/C14H20N2O4/c1-16(9-8-14(18)20-3)10-13(17)15-11-6-4-5-7-12(11)19-2/h4-7H,8-10H2,1-3H3,(H,15,17). The first kappa shape index (κ1) is 16.0. The van der Waals surface area contributed by atoms with Gasteiger partial charge in [0.05, 0.1) is 32.9 Å². The van der Waals surface area contributed by atoms with E-state index in [1.807, 2.05) is 12.1 Å². The largest absolute Gasteiger partial charge is 0.495 e. The summed E-state index contributed by atoms with van der Waals surface area (Å²) >= 11 is 0. The topological polar surface area (TPSA) is 67.9 Å². The van der Waals surface area contributed by atoms with E-state index >= 15 is 0 Å². The van der Waals surface area contributed by atoms with Gasteiger partial charge in [0.15, 0.2) is 0 Å². The highest BCUT2D eigenvalue weighted by Gasteiger charge is 2.11. The van der Waals surface area contributed by atoms with E-state index < -0.39 is 0 Å². The summed E-state index contributed by atoms with van der Waals surface area (Å²) < 4.78 is 9.70. The first-order chi connectivity index (χ1) is 9.56. The second kappa shape index (κ2) is 8.16. The van der Waals surface area contributed by atoms with Crippen LogP contribution in [0.5, 0.6) is 5.75 Å². The molecule has 6 nitrogen and oxygen atoms in total. The Morgan fingerprint density at radius 3 is 2.60 bits per heavy atom. The Labute approximate surface area is 118 Å². The van der Waals surface area contributed by atoms with Crippen molar-refractivity contribution in [3.05, 3.63) is 24.3 Å². The highest BCUT2D eigenvalue weighted by Crippen LogP contribution is 2.22. The van der Waals surface area contributed by atoms with Crippen LogP contribution < -0.4 is 10.1 Å². The van der Waals surface area contributed by atoms with Gasteiger partial charge in [0.2, 0.25) is 5.91 Å². The molecule has 0 heterocycles. The number of carbonyl (C=O) groups excluding carboxylic acids is 2. The fourth-order valence-electron chi connectivity index (χ4n) is 1.65. The van der Waals surface area contributed by atoms with Crippen LogP contribution in [0, 0.1) is 0 Å². The summed E-state index contributed by atoms with van der Waals surface area (Å²) in [6.07, 6.45) is 0.259. The number of para-hydroxylation sites is 2. The fraction of sp³-hybridized carbons (Fsp3) is 0.429. The zero-order valence-corrected chi connectivity index (χ0v) is 12.0. The van der Waals surface area contributed by atoms with Gasteiger partial charge in [-0.15, -0.1) is 0 Å². The van der Waals surface area contributed by atoms with Crippen molar-refractivity contribution in [2.24, 2.45) is 0 Å². The van der Waals surface area contributed by atoms with E-state index in [0.717, 1.165) is 0 Å². The molecule has 0 atom stereocenters. The molecule has 1 aromatic carbocycles. The molecule has 1 aromatic rings. The lowest BCUT2D eigenvalue weighted by atomic mass is 10.3. The molecule has 0 aliphatic heterocycles. The highest BCUT2D eigenvalue weighted by molar-refractivity contribution is 5.93. The first-order valence-corrected chi connectivity index (χ1v) is 6.25. The average molecular weight is 280 g/mol. The minimum absolute atomic E-state index is 0.165. The van der Waals surface area contributed by atoms with Crippen LogP contribution >= 0.6 is 0 Å². The average Bonchev–Trinajstić information content (AvgIpc) is 2.45. The maximum Gasteiger partial charge on any atom is 0.306 e. The number of anilines is 1. The summed E-state index contributed by atoms with van der Waals surface area (Å²) in [7, 11) is 4.66. The molecule has 0 aliphatic rings. The zero-order chi connectivity index (χ0) is 15.0. The van der Waals surface area contributed by atoms with Crippen LogP contribution in [0.15, 0.2) is 24.3 Å². The molecule has 0 bridgehead atoms. The lowest BCUT2D eigenvalue weighted by molar-refractivity contribution is -0.141. The molecule has 0 saturated heterocycles. The lowest BCUT2D eigenvalue weighted by Crippen LogP contribution is -2.32. The van der Waals surface area contributed by atoms with Crippen LogP contribution in [0.3, 0.4) is 0 Å². The SMILES string of the molecule is COC(=O)CCN(C)CC(=O)Nc1ccccc1OC. The number of rotatable bonds is 7. The van der Waals surface area contributed by atoms with Gasteiger partial charge in [-0.2, -0.15) is 0 Å². The Hall–Kier alpha value is -2.08. The van der Waals surface area contributed by atoms with Crippen LogP contribution in [0.25, 0.3) is 0 Å². The summed E-state index contributed by atoms with van der Waals surface area (Å²) in [6, 6.07) is 7.19. The number of nitrogens with zero attached hydrogens (tertiary/aromatic N) is 1. The summed E-state index contributed by atoms with van der Waals surface area (Å²) in [6.45, 7) is 0.654. The smallest absolute Gasteiger partial charge is 0.306 e. The number of esters is 1. The minimum Gasteiger partial charge on any atom is -0.495 e. The Morgan fingerprint density at radius 2 is 1.95 bits per heavy atom. The Morgan fingerprint density at radius 1 is 1.25 bits per heavy atom. The molecule has 1 rings (SSSR count). The van der Waals surface area contributed by atoms with E-state index in [4.69, 9.17) is 4.74 Å². The van der Waals surface area contributed by atoms with Gasteiger partial charge in [-0.1, -0.05) is 12.1 Å². The number of methoxy groups -OCH3 is 2. The zero-order valence-electron chi connectivity index (χ0n) is 12.0. The quantitative estimate of drug-likeness (QED) is 0.758. The molecule has 0 spiro atoms. The van der Waals surface area contributed by atoms with E-state index in [1.165, 1.54) is 7.11 Å². The van der Waals surface area contributed by atoms with Crippen molar-refractivity contribution in [3.63, 3.8) is 0 Å². The number of hydrogen-bond acceptors (Lipinski definition) is 5. The molecule has 0 aromatic heterocycles.